The Balaban J connectivity index is 3.32. The van der Waals surface area contributed by atoms with E-state index >= 15 is 0 Å². The smallest absolute Gasteiger partial charge is 0.0897 e. The first-order chi connectivity index (χ1) is 8.20. The van der Waals surface area contributed by atoms with Crippen molar-refractivity contribution in [2.75, 3.05) is 19.7 Å². The number of hydrogen-bond donors (Lipinski definition) is 2. The molecular weight excluding hydrogens is 214 g/mol. The molecule has 0 radical (unpaired) electrons. The largest absolute Gasteiger partial charge is 0.389 e. The monoisotopic (exact) mass is 245 g/mol. The molecule has 0 fully saturated rings. The van der Waals surface area contributed by atoms with E-state index in [0.29, 0.717) is 13.2 Å². The van der Waals surface area contributed by atoms with Gasteiger partial charge in [-0.25, -0.2) is 0 Å². The predicted octanol–water partition coefficient (Wildman–Crippen LogP) is 2.72. The third-order valence-electron chi connectivity index (χ3n) is 2.84. The fourth-order valence-electron chi connectivity index (χ4n) is 1.72. The van der Waals surface area contributed by atoms with Gasteiger partial charge in [0.2, 0.25) is 0 Å². The molecule has 3 heteroatoms. The van der Waals surface area contributed by atoms with Crippen LogP contribution in [0.15, 0.2) is 0 Å². The van der Waals surface area contributed by atoms with Crippen LogP contribution in [0, 0.1) is 0 Å². The summed E-state index contributed by atoms with van der Waals surface area (Å²) < 4.78 is 5.62. The zero-order chi connectivity index (χ0) is 12.9. The Hall–Kier alpha value is -0.120. The maximum absolute atomic E-state index is 9.65. The Morgan fingerprint density at radius 1 is 1.12 bits per heavy atom. The zero-order valence-corrected chi connectivity index (χ0v) is 11.9. The highest BCUT2D eigenvalue weighted by Crippen LogP contribution is 2.08. The minimum atomic E-state index is -0.375. The van der Waals surface area contributed by atoms with Gasteiger partial charge in [0.25, 0.3) is 0 Å². The molecule has 0 amide bonds. The van der Waals surface area contributed by atoms with Gasteiger partial charge >= 0.3 is 0 Å². The van der Waals surface area contributed by atoms with Crippen LogP contribution in [-0.4, -0.2) is 37.0 Å². The summed E-state index contributed by atoms with van der Waals surface area (Å²) in [5, 5.41) is 12.8. The van der Waals surface area contributed by atoms with Crippen molar-refractivity contribution >= 4 is 0 Å². The summed E-state index contributed by atoms with van der Waals surface area (Å²) in [5.41, 5.74) is 0. The standard InChI is InChI=1S/C14H31NO2/c1-4-6-7-8-9-13(3)17-12-14(16)11-15-10-5-2/h13-16H,4-12H2,1-3H3. The number of hydrogen-bond acceptors (Lipinski definition) is 3. The molecule has 2 unspecified atom stereocenters. The van der Waals surface area contributed by atoms with Crippen molar-refractivity contribution in [2.24, 2.45) is 0 Å². The van der Waals surface area contributed by atoms with E-state index < -0.39 is 0 Å². The van der Waals surface area contributed by atoms with Crippen molar-refractivity contribution in [3.63, 3.8) is 0 Å². The lowest BCUT2D eigenvalue weighted by Gasteiger charge is -2.16. The van der Waals surface area contributed by atoms with E-state index in [2.05, 4.69) is 26.1 Å². The number of rotatable bonds is 12. The second-order valence-corrected chi connectivity index (χ2v) is 4.85. The minimum absolute atomic E-state index is 0.271. The molecule has 0 heterocycles. The van der Waals surface area contributed by atoms with Crippen LogP contribution in [0.1, 0.15) is 59.3 Å². The summed E-state index contributed by atoms with van der Waals surface area (Å²) >= 11 is 0. The van der Waals surface area contributed by atoms with Crippen LogP contribution in [0.3, 0.4) is 0 Å². The predicted molar refractivity (Wildman–Crippen MR) is 73.3 cm³/mol. The van der Waals surface area contributed by atoms with Crippen molar-refractivity contribution in [1.29, 1.82) is 0 Å². The Kier molecular flexibility index (Phi) is 12.3. The molecule has 104 valence electrons. The van der Waals surface area contributed by atoms with Crippen LogP contribution >= 0.6 is 0 Å². The Morgan fingerprint density at radius 2 is 1.88 bits per heavy atom. The van der Waals surface area contributed by atoms with E-state index in [4.69, 9.17) is 4.74 Å². The molecular formula is C14H31NO2. The first-order valence-corrected chi connectivity index (χ1v) is 7.21. The highest BCUT2D eigenvalue weighted by Gasteiger charge is 2.07. The summed E-state index contributed by atoms with van der Waals surface area (Å²) in [7, 11) is 0. The molecule has 0 aromatic heterocycles. The van der Waals surface area contributed by atoms with E-state index in [1.807, 2.05) is 0 Å². The average molecular weight is 245 g/mol. The summed E-state index contributed by atoms with van der Waals surface area (Å²) in [5.74, 6) is 0. The maximum atomic E-state index is 9.65. The summed E-state index contributed by atoms with van der Waals surface area (Å²) in [6.45, 7) is 8.48. The molecule has 0 aliphatic rings. The van der Waals surface area contributed by atoms with E-state index in [1.54, 1.807) is 0 Å². The van der Waals surface area contributed by atoms with Crippen LogP contribution in [0.25, 0.3) is 0 Å². The van der Waals surface area contributed by atoms with Crippen LogP contribution in [0.5, 0.6) is 0 Å². The van der Waals surface area contributed by atoms with Gasteiger partial charge in [-0.2, -0.15) is 0 Å². The SMILES string of the molecule is CCCCCCC(C)OCC(O)CNCCC. The van der Waals surface area contributed by atoms with E-state index in [1.165, 1.54) is 25.7 Å². The van der Waals surface area contributed by atoms with Gasteiger partial charge in [0, 0.05) is 6.54 Å². The van der Waals surface area contributed by atoms with Crippen LogP contribution in [0.4, 0.5) is 0 Å². The fourth-order valence-corrected chi connectivity index (χ4v) is 1.72. The lowest BCUT2D eigenvalue weighted by molar-refractivity contribution is -0.00486. The molecule has 0 aromatic rings. The van der Waals surface area contributed by atoms with Gasteiger partial charge in [-0.15, -0.1) is 0 Å². The van der Waals surface area contributed by atoms with Gasteiger partial charge in [-0.3, -0.25) is 0 Å². The fraction of sp³-hybridized carbons (Fsp3) is 1.00. The van der Waals surface area contributed by atoms with Gasteiger partial charge in [-0.1, -0.05) is 39.5 Å². The highest BCUT2D eigenvalue weighted by atomic mass is 16.5. The van der Waals surface area contributed by atoms with Crippen molar-refractivity contribution in [3.8, 4) is 0 Å². The van der Waals surface area contributed by atoms with E-state index in [0.717, 1.165) is 19.4 Å². The van der Waals surface area contributed by atoms with Crippen molar-refractivity contribution in [1.82, 2.24) is 5.32 Å². The molecule has 17 heavy (non-hydrogen) atoms. The lowest BCUT2D eigenvalue weighted by atomic mass is 10.1. The zero-order valence-electron chi connectivity index (χ0n) is 11.9. The van der Waals surface area contributed by atoms with Gasteiger partial charge in [-0.05, 0) is 26.3 Å². The normalized spacial score (nSPS) is 14.8. The number of nitrogens with one attached hydrogen (secondary N) is 1. The van der Waals surface area contributed by atoms with Gasteiger partial charge < -0.3 is 15.2 Å². The van der Waals surface area contributed by atoms with Gasteiger partial charge in [0.05, 0.1) is 18.8 Å². The summed E-state index contributed by atoms with van der Waals surface area (Å²) in [6, 6.07) is 0. The molecule has 0 aliphatic carbocycles. The molecule has 0 bridgehead atoms. The number of aliphatic hydroxyl groups excluding tert-OH is 1. The molecule has 0 rings (SSSR count). The third-order valence-corrected chi connectivity index (χ3v) is 2.84. The molecule has 0 aliphatic heterocycles. The Morgan fingerprint density at radius 3 is 2.53 bits per heavy atom. The molecule has 0 saturated carbocycles. The quantitative estimate of drug-likeness (QED) is 0.519. The van der Waals surface area contributed by atoms with Crippen molar-refractivity contribution in [3.05, 3.63) is 0 Å². The Labute approximate surface area is 107 Å². The number of ether oxygens (including phenoxy) is 1. The molecule has 0 aromatic carbocycles. The van der Waals surface area contributed by atoms with E-state index in [9.17, 15) is 5.11 Å². The van der Waals surface area contributed by atoms with Crippen LogP contribution in [-0.2, 0) is 4.74 Å². The molecule has 2 N–H and O–H groups in total. The first-order valence-electron chi connectivity index (χ1n) is 7.21. The second kappa shape index (κ2) is 12.3. The first kappa shape index (κ1) is 16.9. The van der Waals surface area contributed by atoms with E-state index in [-0.39, 0.29) is 12.2 Å². The number of unbranched alkanes of at least 4 members (excludes halogenated alkanes) is 3. The van der Waals surface area contributed by atoms with Crippen molar-refractivity contribution < 1.29 is 9.84 Å². The van der Waals surface area contributed by atoms with Gasteiger partial charge in [0.1, 0.15) is 0 Å². The number of aliphatic hydroxyl groups is 1. The second-order valence-electron chi connectivity index (χ2n) is 4.85. The topological polar surface area (TPSA) is 41.5 Å². The summed E-state index contributed by atoms with van der Waals surface area (Å²) in [6.07, 6.45) is 7.22. The highest BCUT2D eigenvalue weighted by molar-refractivity contribution is 4.60. The average Bonchev–Trinajstić information content (AvgIpc) is 2.32. The van der Waals surface area contributed by atoms with Crippen LogP contribution in [0.2, 0.25) is 0 Å². The van der Waals surface area contributed by atoms with Gasteiger partial charge in [0.15, 0.2) is 0 Å². The molecule has 2 atom stereocenters. The minimum Gasteiger partial charge on any atom is -0.389 e. The maximum Gasteiger partial charge on any atom is 0.0897 e. The molecule has 0 spiro atoms. The molecule has 3 nitrogen and oxygen atoms in total. The summed E-state index contributed by atoms with van der Waals surface area (Å²) in [4.78, 5) is 0. The van der Waals surface area contributed by atoms with Crippen molar-refractivity contribution in [2.45, 2.75) is 71.5 Å². The van der Waals surface area contributed by atoms with Crippen LogP contribution < -0.4 is 5.32 Å². The Bertz CT molecular complexity index is 153. The third kappa shape index (κ3) is 12.1. The lowest BCUT2D eigenvalue weighted by Crippen LogP contribution is -2.32. The molecule has 0 saturated heterocycles.